The SMILES string of the molecule is COCCSCCN(CCS)c1cc(=O)c2occ(C)c2o1. The fraction of sp³-hybridized carbons (Fsp3) is 0.533. The van der Waals surface area contributed by atoms with Gasteiger partial charge in [0.2, 0.25) is 11.0 Å². The Labute approximate surface area is 139 Å². The van der Waals surface area contributed by atoms with Gasteiger partial charge in [0, 0.05) is 43.0 Å². The van der Waals surface area contributed by atoms with Crippen molar-refractivity contribution in [2.75, 3.05) is 49.0 Å². The Morgan fingerprint density at radius 3 is 2.86 bits per heavy atom. The van der Waals surface area contributed by atoms with Crippen molar-refractivity contribution in [2.45, 2.75) is 6.92 Å². The molecule has 122 valence electrons. The predicted molar refractivity (Wildman–Crippen MR) is 94.8 cm³/mol. The van der Waals surface area contributed by atoms with Gasteiger partial charge in [0.1, 0.15) is 0 Å². The highest BCUT2D eigenvalue weighted by Crippen LogP contribution is 2.23. The fourth-order valence-electron chi connectivity index (χ4n) is 2.07. The van der Waals surface area contributed by atoms with Crippen LogP contribution in [-0.4, -0.2) is 44.1 Å². The van der Waals surface area contributed by atoms with E-state index in [-0.39, 0.29) is 11.0 Å². The molecule has 7 heteroatoms. The van der Waals surface area contributed by atoms with Crippen LogP contribution in [0.2, 0.25) is 0 Å². The Hall–Kier alpha value is -1.05. The van der Waals surface area contributed by atoms with Crippen LogP contribution in [0.25, 0.3) is 11.2 Å². The first kappa shape index (κ1) is 17.3. The van der Waals surface area contributed by atoms with Gasteiger partial charge < -0.3 is 18.5 Å². The van der Waals surface area contributed by atoms with Crippen molar-refractivity contribution in [1.82, 2.24) is 0 Å². The zero-order valence-corrected chi connectivity index (χ0v) is 14.5. The zero-order chi connectivity index (χ0) is 15.9. The average Bonchev–Trinajstić information content (AvgIpc) is 2.88. The predicted octanol–water partition coefficient (Wildman–Crippen LogP) is 2.81. The molecule has 0 radical (unpaired) electrons. The number of hydrogen-bond acceptors (Lipinski definition) is 7. The van der Waals surface area contributed by atoms with Crippen molar-refractivity contribution >= 4 is 41.4 Å². The largest absolute Gasteiger partial charge is 0.456 e. The van der Waals surface area contributed by atoms with Gasteiger partial charge in [-0.15, -0.1) is 0 Å². The molecule has 2 rings (SSSR count). The minimum Gasteiger partial charge on any atom is -0.456 e. The maximum absolute atomic E-state index is 12.1. The molecule has 0 aliphatic heterocycles. The molecule has 0 atom stereocenters. The highest BCUT2D eigenvalue weighted by Gasteiger charge is 2.15. The number of nitrogens with zero attached hydrogens (tertiary/aromatic N) is 1. The number of thioether (sulfide) groups is 1. The molecule has 2 heterocycles. The summed E-state index contributed by atoms with van der Waals surface area (Å²) >= 11 is 6.10. The van der Waals surface area contributed by atoms with Gasteiger partial charge in [0.05, 0.1) is 18.9 Å². The lowest BCUT2D eigenvalue weighted by atomic mass is 10.3. The second-order valence-electron chi connectivity index (χ2n) is 4.84. The molecule has 2 aromatic rings. The number of thiol groups is 1. The molecule has 0 aromatic carbocycles. The molecular formula is C15H21NO4S2. The van der Waals surface area contributed by atoms with Gasteiger partial charge in [-0.1, -0.05) is 0 Å². The maximum atomic E-state index is 12.1. The first-order valence-corrected chi connectivity index (χ1v) is 8.90. The van der Waals surface area contributed by atoms with E-state index in [4.69, 9.17) is 13.6 Å². The first-order valence-electron chi connectivity index (χ1n) is 7.11. The molecule has 0 aliphatic rings. The molecule has 22 heavy (non-hydrogen) atoms. The van der Waals surface area contributed by atoms with Crippen LogP contribution in [0.15, 0.2) is 26.0 Å². The van der Waals surface area contributed by atoms with Gasteiger partial charge in [-0.2, -0.15) is 24.4 Å². The Kier molecular flexibility index (Phi) is 6.72. The van der Waals surface area contributed by atoms with E-state index in [0.717, 1.165) is 36.8 Å². The van der Waals surface area contributed by atoms with Crippen LogP contribution in [-0.2, 0) is 4.74 Å². The smallest absolute Gasteiger partial charge is 0.230 e. The van der Waals surface area contributed by atoms with Crippen LogP contribution in [0.1, 0.15) is 5.56 Å². The molecule has 5 nitrogen and oxygen atoms in total. The summed E-state index contributed by atoms with van der Waals surface area (Å²) in [7, 11) is 1.70. The molecule has 2 aromatic heterocycles. The lowest BCUT2D eigenvalue weighted by Crippen LogP contribution is -2.29. The van der Waals surface area contributed by atoms with E-state index in [1.54, 1.807) is 13.4 Å². The van der Waals surface area contributed by atoms with Crippen molar-refractivity contribution in [3.8, 4) is 0 Å². The first-order chi connectivity index (χ1) is 10.7. The third-order valence-electron chi connectivity index (χ3n) is 3.22. The number of fused-ring (bicyclic) bond motifs is 1. The summed E-state index contributed by atoms with van der Waals surface area (Å²) < 4.78 is 16.1. The van der Waals surface area contributed by atoms with E-state index in [1.807, 2.05) is 23.6 Å². The molecule has 0 saturated heterocycles. The Bertz CT molecular complexity index is 653. The summed E-state index contributed by atoms with van der Waals surface area (Å²) in [5.41, 5.74) is 1.48. The number of furan rings is 1. The lowest BCUT2D eigenvalue weighted by Gasteiger charge is -2.22. The van der Waals surface area contributed by atoms with Crippen molar-refractivity contribution in [2.24, 2.45) is 0 Å². The molecule has 0 bridgehead atoms. The minimum atomic E-state index is -0.152. The number of ether oxygens (including phenoxy) is 1. The third-order valence-corrected chi connectivity index (χ3v) is 4.35. The summed E-state index contributed by atoms with van der Waals surface area (Å²) in [6.07, 6.45) is 1.54. The van der Waals surface area contributed by atoms with Crippen LogP contribution in [0.5, 0.6) is 0 Å². The fourth-order valence-corrected chi connectivity index (χ4v) is 3.15. The van der Waals surface area contributed by atoms with Crippen molar-refractivity contribution in [3.63, 3.8) is 0 Å². The van der Waals surface area contributed by atoms with Crippen LogP contribution in [0, 0.1) is 6.92 Å². The maximum Gasteiger partial charge on any atom is 0.230 e. The van der Waals surface area contributed by atoms with Crippen LogP contribution >= 0.6 is 24.4 Å². The van der Waals surface area contributed by atoms with Crippen LogP contribution in [0.3, 0.4) is 0 Å². The van der Waals surface area contributed by atoms with Crippen molar-refractivity contribution < 1.29 is 13.6 Å². The van der Waals surface area contributed by atoms with Gasteiger partial charge in [-0.3, -0.25) is 4.79 Å². The summed E-state index contributed by atoms with van der Waals surface area (Å²) in [5, 5.41) is 0. The standard InChI is InChI=1S/C15H21NO4S2/c1-11-10-19-15-12(17)9-13(20-14(11)15)16(3-6-21)4-7-22-8-5-18-2/h9-10,21H,3-8H2,1-2H3. The molecule has 0 spiro atoms. The number of rotatable bonds is 9. The van der Waals surface area contributed by atoms with Gasteiger partial charge in [0.15, 0.2) is 11.5 Å². The minimum absolute atomic E-state index is 0.152. The average molecular weight is 343 g/mol. The number of hydrogen-bond donors (Lipinski definition) is 1. The van der Waals surface area contributed by atoms with Gasteiger partial charge in [0.25, 0.3) is 0 Å². The molecule has 0 N–H and O–H groups in total. The third kappa shape index (κ3) is 4.24. The summed E-state index contributed by atoms with van der Waals surface area (Å²) in [6.45, 7) is 4.12. The number of anilines is 1. The van der Waals surface area contributed by atoms with Gasteiger partial charge in [-0.05, 0) is 6.92 Å². The van der Waals surface area contributed by atoms with E-state index in [1.165, 1.54) is 6.07 Å². The topological polar surface area (TPSA) is 55.8 Å². The molecule has 0 unspecified atom stereocenters. The van der Waals surface area contributed by atoms with Gasteiger partial charge in [-0.25, -0.2) is 0 Å². The molecular weight excluding hydrogens is 322 g/mol. The van der Waals surface area contributed by atoms with E-state index in [9.17, 15) is 4.79 Å². The number of methoxy groups -OCH3 is 1. The summed E-state index contributed by atoms with van der Waals surface area (Å²) in [6, 6.07) is 1.49. The van der Waals surface area contributed by atoms with Crippen LogP contribution < -0.4 is 10.3 Å². The normalized spacial score (nSPS) is 11.2. The van der Waals surface area contributed by atoms with E-state index >= 15 is 0 Å². The molecule has 0 amide bonds. The van der Waals surface area contributed by atoms with Crippen molar-refractivity contribution in [1.29, 1.82) is 0 Å². The second-order valence-corrected chi connectivity index (χ2v) is 6.51. The van der Waals surface area contributed by atoms with E-state index < -0.39 is 0 Å². The highest BCUT2D eigenvalue weighted by atomic mass is 32.2. The van der Waals surface area contributed by atoms with Crippen molar-refractivity contribution in [3.05, 3.63) is 28.1 Å². The monoisotopic (exact) mass is 343 g/mol. The quantitative estimate of drug-likeness (QED) is 0.558. The molecule has 0 fully saturated rings. The van der Waals surface area contributed by atoms with E-state index in [2.05, 4.69) is 12.6 Å². The number of aryl methyl sites for hydroxylation is 1. The molecule has 0 saturated carbocycles. The van der Waals surface area contributed by atoms with Crippen LogP contribution in [0.4, 0.5) is 5.88 Å². The Morgan fingerprint density at radius 2 is 2.14 bits per heavy atom. The Morgan fingerprint density at radius 1 is 1.32 bits per heavy atom. The highest BCUT2D eigenvalue weighted by molar-refractivity contribution is 7.99. The second kappa shape index (κ2) is 8.55. The van der Waals surface area contributed by atoms with Gasteiger partial charge >= 0.3 is 0 Å². The summed E-state index contributed by atoms with van der Waals surface area (Å²) in [4.78, 5) is 14.2. The Balaban J connectivity index is 2.13. The summed E-state index contributed by atoms with van der Waals surface area (Å²) in [5.74, 6) is 3.15. The van der Waals surface area contributed by atoms with E-state index in [0.29, 0.717) is 17.2 Å². The zero-order valence-electron chi connectivity index (χ0n) is 12.8. The lowest BCUT2D eigenvalue weighted by molar-refractivity contribution is 0.218. The molecule has 0 aliphatic carbocycles.